The van der Waals surface area contributed by atoms with Crippen LogP contribution in [-0.4, -0.2) is 40.3 Å². The summed E-state index contributed by atoms with van der Waals surface area (Å²) in [5, 5.41) is 13.1. The molecule has 0 aliphatic carbocycles. The van der Waals surface area contributed by atoms with Crippen molar-refractivity contribution >= 4 is 5.91 Å². The zero-order chi connectivity index (χ0) is 13.1. The molecule has 5 nitrogen and oxygen atoms in total. The Kier molecular flexibility index (Phi) is 4.01. The standard InChI is InChI=1S/C13H20N2O3/c1-9-12(10(2)18-14-9)5-6-13(17)15-7-3-4-11(15)8-16/h11,16H,3-8H2,1-2H3/t11-/m1/s1. The molecule has 1 fully saturated rings. The van der Waals surface area contributed by atoms with Crippen molar-refractivity contribution in [3.05, 3.63) is 17.0 Å². The molecule has 1 aliphatic rings. The molecule has 1 saturated heterocycles. The van der Waals surface area contributed by atoms with Crippen LogP contribution in [0.25, 0.3) is 0 Å². The first kappa shape index (κ1) is 13.1. The molecule has 5 heteroatoms. The molecule has 18 heavy (non-hydrogen) atoms. The Morgan fingerprint density at radius 2 is 2.33 bits per heavy atom. The van der Waals surface area contributed by atoms with Crippen molar-refractivity contribution in [2.45, 2.75) is 45.6 Å². The van der Waals surface area contributed by atoms with Gasteiger partial charge in [0.25, 0.3) is 0 Å². The Morgan fingerprint density at radius 1 is 1.56 bits per heavy atom. The monoisotopic (exact) mass is 252 g/mol. The average molecular weight is 252 g/mol. The predicted octanol–water partition coefficient (Wildman–Crippen LogP) is 1.21. The third-order valence-electron chi connectivity index (χ3n) is 3.68. The van der Waals surface area contributed by atoms with Gasteiger partial charge in [-0.2, -0.15) is 0 Å². The lowest BCUT2D eigenvalue weighted by Gasteiger charge is -2.22. The zero-order valence-corrected chi connectivity index (χ0v) is 11.0. The molecular weight excluding hydrogens is 232 g/mol. The van der Waals surface area contributed by atoms with Crippen LogP contribution in [0.4, 0.5) is 0 Å². The molecule has 0 bridgehead atoms. The number of aliphatic hydroxyl groups is 1. The van der Waals surface area contributed by atoms with E-state index in [9.17, 15) is 9.90 Å². The van der Waals surface area contributed by atoms with Crippen LogP contribution in [0.2, 0.25) is 0 Å². The summed E-state index contributed by atoms with van der Waals surface area (Å²) in [4.78, 5) is 13.9. The molecule has 100 valence electrons. The number of likely N-dealkylation sites (tertiary alicyclic amines) is 1. The molecule has 0 aromatic carbocycles. The fourth-order valence-corrected chi connectivity index (χ4v) is 2.59. The highest BCUT2D eigenvalue weighted by atomic mass is 16.5. The van der Waals surface area contributed by atoms with Gasteiger partial charge in [-0.05, 0) is 33.1 Å². The first-order chi connectivity index (χ1) is 8.63. The highest BCUT2D eigenvalue weighted by Gasteiger charge is 2.27. The number of aryl methyl sites for hydroxylation is 2. The fourth-order valence-electron chi connectivity index (χ4n) is 2.59. The molecule has 1 N–H and O–H groups in total. The van der Waals surface area contributed by atoms with Crippen LogP contribution in [0.5, 0.6) is 0 Å². The van der Waals surface area contributed by atoms with Gasteiger partial charge in [-0.3, -0.25) is 4.79 Å². The third kappa shape index (κ3) is 2.56. The van der Waals surface area contributed by atoms with E-state index in [1.165, 1.54) is 0 Å². The highest BCUT2D eigenvalue weighted by molar-refractivity contribution is 5.77. The summed E-state index contributed by atoms with van der Waals surface area (Å²) < 4.78 is 5.08. The second kappa shape index (κ2) is 5.52. The van der Waals surface area contributed by atoms with Crippen LogP contribution in [0.15, 0.2) is 4.52 Å². The van der Waals surface area contributed by atoms with E-state index < -0.39 is 0 Å². The summed E-state index contributed by atoms with van der Waals surface area (Å²) in [6.45, 7) is 4.59. The van der Waals surface area contributed by atoms with Gasteiger partial charge in [0.05, 0.1) is 18.3 Å². The normalized spacial score (nSPS) is 19.5. The molecule has 1 aromatic heterocycles. The number of hydrogen-bond donors (Lipinski definition) is 1. The Morgan fingerprint density at radius 3 is 2.94 bits per heavy atom. The Hall–Kier alpha value is -1.36. The molecule has 1 atom stereocenters. The van der Waals surface area contributed by atoms with Crippen LogP contribution in [0.3, 0.4) is 0 Å². The third-order valence-corrected chi connectivity index (χ3v) is 3.68. The summed E-state index contributed by atoms with van der Waals surface area (Å²) in [7, 11) is 0. The summed E-state index contributed by atoms with van der Waals surface area (Å²) in [6, 6.07) is 0.0159. The van der Waals surface area contributed by atoms with Crippen molar-refractivity contribution in [3.63, 3.8) is 0 Å². The van der Waals surface area contributed by atoms with Crippen molar-refractivity contribution in [2.75, 3.05) is 13.2 Å². The smallest absolute Gasteiger partial charge is 0.223 e. The van der Waals surface area contributed by atoms with Gasteiger partial charge >= 0.3 is 0 Å². The average Bonchev–Trinajstić information content (AvgIpc) is 2.94. The molecule has 0 radical (unpaired) electrons. The van der Waals surface area contributed by atoms with Gasteiger partial charge in [0.15, 0.2) is 0 Å². The predicted molar refractivity (Wildman–Crippen MR) is 66.1 cm³/mol. The van der Waals surface area contributed by atoms with E-state index in [4.69, 9.17) is 4.52 Å². The SMILES string of the molecule is Cc1noc(C)c1CCC(=O)N1CCC[C@@H]1CO. The van der Waals surface area contributed by atoms with Gasteiger partial charge in [0.2, 0.25) is 5.91 Å². The first-order valence-electron chi connectivity index (χ1n) is 6.45. The van der Waals surface area contributed by atoms with Crippen molar-refractivity contribution in [1.29, 1.82) is 0 Å². The van der Waals surface area contributed by atoms with Gasteiger partial charge in [0, 0.05) is 18.5 Å². The topological polar surface area (TPSA) is 66.6 Å². The number of carbonyl (C=O) groups is 1. The van der Waals surface area contributed by atoms with Gasteiger partial charge < -0.3 is 14.5 Å². The fraction of sp³-hybridized carbons (Fsp3) is 0.692. The number of aliphatic hydroxyl groups excluding tert-OH is 1. The largest absolute Gasteiger partial charge is 0.394 e. The van der Waals surface area contributed by atoms with Gasteiger partial charge in [-0.1, -0.05) is 5.16 Å². The highest BCUT2D eigenvalue weighted by Crippen LogP contribution is 2.20. The van der Waals surface area contributed by atoms with Crippen molar-refractivity contribution in [1.82, 2.24) is 10.1 Å². The van der Waals surface area contributed by atoms with E-state index in [0.717, 1.165) is 36.4 Å². The van der Waals surface area contributed by atoms with Crippen LogP contribution >= 0.6 is 0 Å². The molecule has 1 aromatic rings. The lowest BCUT2D eigenvalue weighted by atomic mass is 10.1. The molecule has 2 heterocycles. The van der Waals surface area contributed by atoms with Crippen molar-refractivity contribution in [2.24, 2.45) is 0 Å². The van der Waals surface area contributed by atoms with Crippen molar-refractivity contribution < 1.29 is 14.4 Å². The number of amides is 1. The molecule has 0 saturated carbocycles. The molecule has 0 unspecified atom stereocenters. The number of nitrogens with zero attached hydrogens (tertiary/aromatic N) is 2. The minimum Gasteiger partial charge on any atom is -0.394 e. The lowest BCUT2D eigenvalue weighted by Crippen LogP contribution is -2.37. The maximum atomic E-state index is 12.1. The molecular formula is C13H20N2O3. The summed E-state index contributed by atoms with van der Waals surface area (Å²) in [5.41, 5.74) is 1.89. The minimum absolute atomic E-state index is 0.0159. The van der Waals surface area contributed by atoms with Gasteiger partial charge in [-0.25, -0.2) is 0 Å². The lowest BCUT2D eigenvalue weighted by molar-refractivity contribution is -0.132. The van der Waals surface area contributed by atoms with Crippen molar-refractivity contribution in [3.8, 4) is 0 Å². The second-order valence-electron chi connectivity index (χ2n) is 4.87. The van der Waals surface area contributed by atoms with E-state index >= 15 is 0 Å². The Labute approximate surface area is 107 Å². The maximum absolute atomic E-state index is 12.1. The zero-order valence-electron chi connectivity index (χ0n) is 11.0. The number of rotatable bonds is 4. The molecule has 2 rings (SSSR count). The van der Waals surface area contributed by atoms with Gasteiger partial charge in [0.1, 0.15) is 5.76 Å². The van der Waals surface area contributed by atoms with Crippen LogP contribution < -0.4 is 0 Å². The quantitative estimate of drug-likeness (QED) is 0.874. The molecule has 1 amide bonds. The van der Waals surface area contributed by atoms with Crippen LogP contribution in [0.1, 0.15) is 36.3 Å². The van der Waals surface area contributed by atoms with E-state index in [1.807, 2.05) is 13.8 Å². The van der Waals surface area contributed by atoms with Crippen LogP contribution in [0, 0.1) is 13.8 Å². The Bertz CT molecular complexity index is 408. The molecule has 0 spiro atoms. The number of carbonyl (C=O) groups excluding carboxylic acids is 1. The van der Waals surface area contributed by atoms with Gasteiger partial charge in [-0.15, -0.1) is 0 Å². The van der Waals surface area contributed by atoms with E-state index in [1.54, 1.807) is 4.90 Å². The first-order valence-corrected chi connectivity index (χ1v) is 6.45. The summed E-state index contributed by atoms with van der Waals surface area (Å²) in [5.74, 6) is 0.909. The number of aromatic nitrogens is 1. The maximum Gasteiger partial charge on any atom is 0.223 e. The van der Waals surface area contributed by atoms with E-state index in [0.29, 0.717) is 12.8 Å². The Balaban J connectivity index is 1.92. The van der Waals surface area contributed by atoms with E-state index in [2.05, 4.69) is 5.16 Å². The second-order valence-corrected chi connectivity index (χ2v) is 4.87. The minimum atomic E-state index is 0.0159. The summed E-state index contributed by atoms with van der Waals surface area (Å²) >= 11 is 0. The number of hydrogen-bond acceptors (Lipinski definition) is 4. The summed E-state index contributed by atoms with van der Waals surface area (Å²) in [6.07, 6.45) is 3.02. The van der Waals surface area contributed by atoms with Crippen LogP contribution in [-0.2, 0) is 11.2 Å². The molecule has 1 aliphatic heterocycles. The van der Waals surface area contributed by atoms with E-state index in [-0.39, 0.29) is 18.6 Å².